The lowest BCUT2D eigenvalue weighted by molar-refractivity contribution is -0.121. The Labute approximate surface area is 178 Å². The van der Waals surface area contributed by atoms with E-state index in [2.05, 4.69) is 36.0 Å². The predicted octanol–water partition coefficient (Wildman–Crippen LogP) is 4.23. The van der Waals surface area contributed by atoms with Crippen molar-refractivity contribution in [3.8, 4) is 16.3 Å². The van der Waals surface area contributed by atoms with Crippen LogP contribution in [0.15, 0.2) is 29.6 Å². The summed E-state index contributed by atoms with van der Waals surface area (Å²) in [6, 6.07) is 8.07. The summed E-state index contributed by atoms with van der Waals surface area (Å²) in [6.45, 7) is 12.5. The molecule has 29 heavy (non-hydrogen) atoms. The van der Waals surface area contributed by atoms with Crippen molar-refractivity contribution in [3.05, 3.63) is 35.3 Å². The van der Waals surface area contributed by atoms with E-state index in [0.717, 1.165) is 53.5 Å². The van der Waals surface area contributed by atoms with Crippen molar-refractivity contribution in [3.63, 3.8) is 0 Å². The first-order chi connectivity index (χ1) is 13.9. The fourth-order valence-electron chi connectivity index (χ4n) is 4.25. The van der Waals surface area contributed by atoms with E-state index >= 15 is 0 Å². The molecule has 1 N–H and O–H groups in total. The first-order valence-electron chi connectivity index (χ1n) is 10.6. The Balaban J connectivity index is 1.49. The zero-order valence-corrected chi connectivity index (χ0v) is 18.8. The van der Waals surface area contributed by atoms with E-state index in [9.17, 15) is 4.79 Å². The van der Waals surface area contributed by atoms with Crippen LogP contribution in [-0.4, -0.2) is 48.1 Å². The highest BCUT2D eigenvalue weighted by atomic mass is 32.1. The van der Waals surface area contributed by atoms with Crippen LogP contribution in [0.25, 0.3) is 10.6 Å². The molecule has 2 aromatic rings. The Kier molecular flexibility index (Phi) is 7.67. The molecule has 1 saturated heterocycles. The van der Waals surface area contributed by atoms with Crippen molar-refractivity contribution in [2.45, 2.75) is 46.6 Å². The van der Waals surface area contributed by atoms with E-state index in [1.807, 2.05) is 36.6 Å². The molecule has 1 aromatic carbocycles. The van der Waals surface area contributed by atoms with Crippen LogP contribution >= 0.6 is 11.3 Å². The van der Waals surface area contributed by atoms with Gasteiger partial charge in [-0.1, -0.05) is 13.8 Å². The van der Waals surface area contributed by atoms with Gasteiger partial charge in [-0.15, -0.1) is 11.3 Å². The van der Waals surface area contributed by atoms with Gasteiger partial charge in [0, 0.05) is 36.6 Å². The molecule has 1 aliphatic heterocycles. The van der Waals surface area contributed by atoms with Crippen LogP contribution in [0.3, 0.4) is 0 Å². The van der Waals surface area contributed by atoms with Gasteiger partial charge in [0.2, 0.25) is 5.91 Å². The number of ether oxygens (including phenoxy) is 1. The first-order valence-corrected chi connectivity index (χ1v) is 11.5. The number of aromatic nitrogens is 1. The van der Waals surface area contributed by atoms with E-state index < -0.39 is 0 Å². The minimum Gasteiger partial charge on any atom is -0.494 e. The number of thiazole rings is 1. The molecule has 2 heterocycles. The third-order valence-electron chi connectivity index (χ3n) is 5.19. The summed E-state index contributed by atoms with van der Waals surface area (Å²) in [4.78, 5) is 19.6. The Hall–Kier alpha value is -1.92. The third-order valence-corrected chi connectivity index (χ3v) is 6.13. The van der Waals surface area contributed by atoms with E-state index in [1.165, 1.54) is 6.42 Å². The topological polar surface area (TPSA) is 54.5 Å². The maximum atomic E-state index is 12.5. The molecule has 3 unspecified atom stereocenters. The highest BCUT2D eigenvalue weighted by Crippen LogP contribution is 2.26. The highest BCUT2D eigenvalue weighted by Gasteiger charge is 2.23. The molecule has 5 nitrogen and oxygen atoms in total. The Morgan fingerprint density at radius 1 is 1.28 bits per heavy atom. The third kappa shape index (κ3) is 6.54. The Morgan fingerprint density at radius 3 is 2.62 bits per heavy atom. The molecule has 6 heteroatoms. The zero-order chi connectivity index (χ0) is 20.8. The number of hydrogen-bond donors (Lipinski definition) is 1. The Morgan fingerprint density at radius 2 is 1.97 bits per heavy atom. The Bertz CT molecular complexity index is 780. The van der Waals surface area contributed by atoms with Crippen LogP contribution in [0.5, 0.6) is 5.75 Å². The molecule has 0 aliphatic carbocycles. The molecule has 0 bridgehead atoms. The van der Waals surface area contributed by atoms with E-state index in [4.69, 9.17) is 4.74 Å². The van der Waals surface area contributed by atoms with Crippen molar-refractivity contribution in [1.29, 1.82) is 0 Å². The molecule has 1 aromatic heterocycles. The number of hydrogen-bond acceptors (Lipinski definition) is 5. The van der Waals surface area contributed by atoms with Gasteiger partial charge in [0.1, 0.15) is 10.8 Å². The predicted molar refractivity (Wildman–Crippen MR) is 119 cm³/mol. The minimum atomic E-state index is 0.0409. The summed E-state index contributed by atoms with van der Waals surface area (Å²) < 4.78 is 5.48. The van der Waals surface area contributed by atoms with Gasteiger partial charge in [-0.05, 0) is 56.4 Å². The van der Waals surface area contributed by atoms with Gasteiger partial charge in [0.15, 0.2) is 0 Å². The summed E-state index contributed by atoms with van der Waals surface area (Å²) in [5.41, 5.74) is 1.87. The monoisotopic (exact) mass is 415 g/mol. The maximum Gasteiger partial charge on any atom is 0.226 e. The van der Waals surface area contributed by atoms with Crippen LogP contribution in [0.4, 0.5) is 0 Å². The largest absolute Gasteiger partial charge is 0.494 e. The number of carbonyl (C=O) groups is 1. The number of benzene rings is 1. The SMILES string of the molecule is CCOc1ccc(-c2nc(CC(=O)NC(C)CN3CC(C)CC(C)C3)cs2)cc1. The second kappa shape index (κ2) is 10.2. The maximum absolute atomic E-state index is 12.5. The van der Waals surface area contributed by atoms with Gasteiger partial charge in [0.25, 0.3) is 0 Å². The number of nitrogens with one attached hydrogen (secondary N) is 1. The lowest BCUT2D eigenvalue weighted by Gasteiger charge is -2.36. The van der Waals surface area contributed by atoms with Gasteiger partial charge in [0.05, 0.1) is 18.7 Å². The number of carbonyl (C=O) groups excluding carboxylic acids is 1. The van der Waals surface area contributed by atoms with Gasteiger partial charge in [-0.3, -0.25) is 4.79 Å². The van der Waals surface area contributed by atoms with Gasteiger partial charge in [-0.2, -0.15) is 0 Å². The fourth-order valence-corrected chi connectivity index (χ4v) is 5.07. The fraction of sp³-hybridized carbons (Fsp3) is 0.565. The van der Waals surface area contributed by atoms with Crippen molar-refractivity contribution < 1.29 is 9.53 Å². The van der Waals surface area contributed by atoms with Crippen molar-refractivity contribution >= 4 is 17.2 Å². The minimum absolute atomic E-state index is 0.0409. The molecule has 158 valence electrons. The summed E-state index contributed by atoms with van der Waals surface area (Å²) in [6.07, 6.45) is 1.63. The van der Waals surface area contributed by atoms with Gasteiger partial charge >= 0.3 is 0 Å². The normalized spacial score (nSPS) is 21.0. The van der Waals surface area contributed by atoms with Gasteiger partial charge in [-0.25, -0.2) is 4.98 Å². The van der Waals surface area contributed by atoms with Crippen LogP contribution in [0.1, 0.15) is 39.8 Å². The lowest BCUT2D eigenvalue weighted by Crippen LogP contribution is -2.47. The second-order valence-electron chi connectivity index (χ2n) is 8.41. The molecule has 1 aliphatic rings. The van der Waals surface area contributed by atoms with Crippen LogP contribution in [0, 0.1) is 11.8 Å². The lowest BCUT2D eigenvalue weighted by atomic mass is 9.92. The van der Waals surface area contributed by atoms with Crippen LogP contribution < -0.4 is 10.1 Å². The molecule has 3 rings (SSSR count). The molecular formula is C23H33N3O2S. The summed E-state index contributed by atoms with van der Waals surface area (Å²) in [7, 11) is 0. The molecule has 0 spiro atoms. The summed E-state index contributed by atoms with van der Waals surface area (Å²) in [5, 5.41) is 6.05. The highest BCUT2D eigenvalue weighted by molar-refractivity contribution is 7.13. The first kappa shape index (κ1) is 21.8. The zero-order valence-electron chi connectivity index (χ0n) is 18.0. The molecule has 0 radical (unpaired) electrons. The molecular weight excluding hydrogens is 382 g/mol. The smallest absolute Gasteiger partial charge is 0.226 e. The van der Waals surface area contributed by atoms with Crippen molar-refractivity contribution in [1.82, 2.24) is 15.2 Å². The summed E-state index contributed by atoms with van der Waals surface area (Å²) >= 11 is 1.57. The average Bonchev–Trinajstić information content (AvgIpc) is 3.09. The average molecular weight is 416 g/mol. The standard InChI is InChI=1S/C23H33N3O2S/c1-5-28-21-8-6-19(7-9-21)23-25-20(15-29-23)11-22(27)24-18(4)14-26-12-16(2)10-17(3)13-26/h6-9,15-18H,5,10-14H2,1-4H3,(H,24,27). The van der Waals surface area contributed by atoms with Gasteiger partial charge < -0.3 is 15.0 Å². The molecule has 0 saturated carbocycles. The van der Waals surface area contributed by atoms with Crippen LogP contribution in [-0.2, 0) is 11.2 Å². The summed E-state index contributed by atoms with van der Waals surface area (Å²) in [5.74, 6) is 2.37. The van der Waals surface area contributed by atoms with E-state index in [0.29, 0.717) is 13.0 Å². The molecule has 3 atom stereocenters. The molecule has 1 fully saturated rings. The van der Waals surface area contributed by atoms with E-state index in [-0.39, 0.29) is 11.9 Å². The number of nitrogens with zero attached hydrogens (tertiary/aromatic N) is 2. The van der Waals surface area contributed by atoms with Crippen molar-refractivity contribution in [2.24, 2.45) is 11.8 Å². The second-order valence-corrected chi connectivity index (χ2v) is 9.27. The number of rotatable bonds is 8. The van der Waals surface area contributed by atoms with Crippen molar-refractivity contribution in [2.75, 3.05) is 26.2 Å². The molecule has 1 amide bonds. The van der Waals surface area contributed by atoms with E-state index in [1.54, 1.807) is 11.3 Å². The van der Waals surface area contributed by atoms with Crippen LogP contribution in [0.2, 0.25) is 0 Å². The number of piperidine rings is 1. The quantitative estimate of drug-likeness (QED) is 0.701. The number of likely N-dealkylation sites (tertiary alicyclic amines) is 1. The number of amides is 1.